The molecule has 0 saturated heterocycles. The average Bonchev–Trinajstić information content (AvgIpc) is 3.01. The van der Waals surface area contributed by atoms with Crippen LogP contribution in [0.1, 0.15) is 20.7 Å². The zero-order valence-electron chi connectivity index (χ0n) is 12.3. The number of benzene rings is 1. The van der Waals surface area contributed by atoms with Crippen LogP contribution in [0, 0.1) is 0 Å². The standard InChI is InChI=1S/C15H15NO5S/c1-19-9-4-5-10(12(8-9)20-2)13(17)16-14-11(6-7-22-14)15(18)21-3/h4-8H,1-3H3,(H,16,17). The fourth-order valence-corrected chi connectivity index (χ4v) is 2.60. The molecule has 0 radical (unpaired) electrons. The lowest BCUT2D eigenvalue weighted by atomic mass is 10.1. The van der Waals surface area contributed by atoms with Crippen LogP contribution >= 0.6 is 11.3 Å². The third-order valence-corrected chi connectivity index (χ3v) is 3.78. The quantitative estimate of drug-likeness (QED) is 0.857. The fourth-order valence-electron chi connectivity index (χ4n) is 1.83. The second-order valence-corrected chi connectivity index (χ2v) is 5.09. The number of carbonyl (C=O) groups is 2. The molecule has 0 aliphatic rings. The van der Waals surface area contributed by atoms with Crippen molar-refractivity contribution < 1.29 is 23.8 Å². The van der Waals surface area contributed by atoms with Crippen molar-refractivity contribution in [3.63, 3.8) is 0 Å². The molecule has 6 nitrogen and oxygen atoms in total. The molecule has 1 N–H and O–H groups in total. The number of ether oxygens (including phenoxy) is 3. The van der Waals surface area contributed by atoms with Gasteiger partial charge < -0.3 is 19.5 Å². The highest BCUT2D eigenvalue weighted by atomic mass is 32.1. The first-order chi connectivity index (χ1) is 10.6. The highest BCUT2D eigenvalue weighted by Crippen LogP contribution is 2.28. The van der Waals surface area contributed by atoms with Gasteiger partial charge in [0.2, 0.25) is 0 Å². The minimum Gasteiger partial charge on any atom is -0.497 e. The number of hydrogen-bond acceptors (Lipinski definition) is 6. The van der Waals surface area contributed by atoms with Gasteiger partial charge in [-0.1, -0.05) is 0 Å². The number of hydrogen-bond donors (Lipinski definition) is 1. The molecule has 0 spiro atoms. The zero-order valence-corrected chi connectivity index (χ0v) is 13.2. The molecule has 2 rings (SSSR count). The fraction of sp³-hybridized carbons (Fsp3) is 0.200. The molecule has 22 heavy (non-hydrogen) atoms. The minimum atomic E-state index is -0.502. The van der Waals surface area contributed by atoms with E-state index in [2.05, 4.69) is 10.1 Å². The maximum absolute atomic E-state index is 12.4. The first-order valence-corrected chi connectivity index (χ1v) is 7.17. The van der Waals surface area contributed by atoms with Crippen LogP contribution < -0.4 is 14.8 Å². The topological polar surface area (TPSA) is 73.9 Å². The smallest absolute Gasteiger partial charge is 0.340 e. The Labute approximate surface area is 131 Å². The van der Waals surface area contributed by atoms with Gasteiger partial charge in [0.05, 0.1) is 32.5 Å². The molecule has 116 valence electrons. The highest BCUT2D eigenvalue weighted by Gasteiger charge is 2.18. The van der Waals surface area contributed by atoms with Crippen molar-refractivity contribution in [2.45, 2.75) is 0 Å². The van der Waals surface area contributed by atoms with Crippen molar-refractivity contribution in [3.8, 4) is 11.5 Å². The van der Waals surface area contributed by atoms with Crippen molar-refractivity contribution in [3.05, 3.63) is 40.8 Å². The summed E-state index contributed by atoms with van der Waals surface area (Å²) in [5, 5.41) is 4.82. The summed E-state index contributed by atoms with van der Waals surface area (Å²) in [6, 6.07) is 6.47. The first kappa shape index (κ1) is 15.8. The summed E-state index contributed by atoms with van der Waals surface area (Å²) in [6.45, 7) is 0. The highest BCUT2D eigenvalue weighted by molar-refractivity contribution is 7.14. The Morgan fingerprint density at radius 1 is 1.05 bits per heavy atom. The molecular formula is C15H15NO5S. The zero-order chi connectivity index (χ0) is 16.1. The van der Waals surface area contributed by atoms with Gasteiger partial charge in [0.25, 0.3) is 5.91 Å². The van der Waals surface area contributed by atoms with Crippen molar-refractivity contribution >= 4 is 28.2 Å². The summed E-state index contributed by atoms with van der Waals surface area (Å²) in [7, 11) is 4.29. The molecule has 1 aromatic carbocycles. The largest absolute Gasteiger partial charge is 0.497 e. The van der Waals surface area contributed by atoms with Gasteiger partial charge in [-0.2, -0.15) is 0 Å². The molecule has 0 atom stereocenters. The summed E-state index contributed by atoms with van der Waals surface area (Å²) in [5.41, 5.74) is 0.654. The van der Waals surface area contributed by atoms with Crippen LogP contribution in [-0.4, -0.2) is 33.2 Å². The van der Waals surface area contributed by atoms with Gasteiger partial charge in [-0.3, -0.25) is 4.79 Å². The lowest BCUT2D eigenvalue weighted by Crippen LogP contribution is -2.14. The number of rotatable bonds is 5. The van der Waals surface area contributed by atoms with E-state index in [4.69, 9.17) is 9.47 Å². The van der Waals surface area contributed by atoms with Gasteiger partial charge in [0, 0.05) is 6.07 Å². The summed E-state index contributed by atoms with van der Waals surface area (Å²) < 4.78 is 15.0. The van der Waals surface area contributed by atoms with E-state index < -0.39 is 5.97 Å². The van der Waals surface area contributed by atoms with Crippen molar-refractivity contribution in [2.75, 3.05) is 26.6 Å². The predicted molar refractivity (Wildman–Crippen MR) is 83.2 cm³/mol. The van der Waals surface area contributed by atoms with Gasteiger partial charge in [-0.15, -0.1) is 11.3 Å². The number of thiophene rings is 1. The van der Waals surface area contributed by atoms with E-state index in [0.717, 1.165) is 0 Å². The molecule has 2 aromatic rings. The Balaban J connectivity index is 2.26. The van der Waals surface area contributed by atoms with E-state index in [1.165, 1.54) is 32.7 Å². The lowest BCUT2D eigenvalue weighted by Gasteiger charge is -2.10. The van der Waals surface area contributed by atoms with Gasteiger partial charge in [-0.05, 0) is 23.6 Å². The van der Waals surface area contributed by atoms with Crippen molar-refractivity contribution in [1.82, 2.24) is 0 Å². The maximum Gasteiger partial charge on any atom is 0.340 e. The Morgan fingerprint density at radius 2 is 1.82 bits per heavy atom. The van der Waals surface area contributed by atoms with Gasteiger partial charge in [-0.25, -0.2) is 4.79 Å². The van der Waals surface area contributed by atoms with Crippen LogP contribution in [0.3, 0.4) is 0 Å². The van der Waals surface area contributed by atoms with Crippen LogP contribution in [0.2, 0.25) is 0 Å². The Bertz CT molecular complexity index is 695. The molecule has 7 heteroatoms. The lowest BCUT2D eigenvalue weighted by molar-refractivity contribution is 0.0602. The third-order valence-electron chi connectivity index (χ3n) is 2.95. The summed E-state index contributed by atoms with van der Waals surface area (Å²) in [5.74, 6) is 0.0816. The van der Waals surface area contributed by atoms with E-state index >= 15 is 0 Å². The van der Waals surface area contributed by atoms with Crippen molar-refractivity contribution in [1.29, 1.82) is 0 Å². The van der Waals surface area contributed by atoms with Crippen LogP contribution in [0.25, 0.3) is 0 Å². The van der Waals surface area contributed by atoms with Crippen LogP contribution in [0.4, 0.5) is 5.00 Å². The second kappa shape index (κ2) is 6.95. The second-order valence-electron chi connectivity index (χ2n) is 4.18. The molecule has 0 unspecified atom stereocenters. The van der Waals surface area contributed by atoms with E-state index in [-0.39, 0.29) is 5.91 Å². The molecule has 0 aliphatic heterocycles. The van der Waals surface area contributed by atoms with E-state index in [9.17, 15) is 9.59 Å². The molecule has 0 aliphatic carbocycles. The minimum absolute atomic E-state index is 0.313. The summed E-state index contributed by atoms with van der Waals surface area (Å²) >= 11 is 1.24. The summed E-state index contributed by atoms with van der Waals surface area (Å²) in [4.78, 5) is 24.0. The molecule has 0 bridgehead atoms. The van der Waals surface area contributed by atoms with E-state index in [0.29, 0.717) is 27.6 Å². The van der Waals surface area contributed by atoms with Gasteiger partial charge in [0.1, 0.15) is 16.5 Å². The van der Waals surface area contributed by atoms with Crippen molar-refractivity contribution in [2.24, 2.45) is 0 Å². The Kier molecular flexibility index (Phi) is 5.00. The van der Waals surface area contributed by atoms with Gasteiger partial charge in [0.15, 0.2) is 0 Å². The van der Waals surface area contributed by atoms with Crippen LogP contribution in [-0.2, 0) is 4.74 Å². The molecule has 0 saturated carbocycles. The number of methoxy groups -OCH3 is 3. The Hall–Kier alpha value is -2.54. The molecular weight excluding hydrogens is 306 g/mol. The van der Waals surface area contributed by atoms with Gasteiger partial charge >= 0.3 is 5.97 Å². The molecule has 1 amide bonds. The monoisotopic (exact) mass is 321 g/mol. The molecule has 0 fully saturated rings. The number of amides is 1. The molecule has 1 aromatic heterocycles. The average molecular weight is 321 g/mol. The Morgan fingerprint density at radius 3 is 2.45 bits per heavy atom. The number of nitrogens with one attached hydrogen (secondary N) is 1. The van der Waals surface area contributed by atoms with Crippen LogP contribution in [0.5, 0.6) is 11.5 Å². The van der Waals surface area contributed by atoms with E-state index in [1.807, 2.05) is 0 Å². The number of anilines is 1. The third kappa shape index (κ3) is 3.20. The predicted octanol–water partition coefficient (Wildman–Crippen LogP) is 2.80. The first-order valence-electron chi connectivity index (χ1n) is 6.30. The number of carbonyl (C=O) groups excluding carboxylic acids is 2. The molecule has 1 heterocycles. The van der Waals surface area contributed by atoms with E-state index in [1.54, 1.807) is 29.6 Å². The normalized spacial score (nSPS) is 9.95. The SMILES string of the molecule is COC(=O)c1ccsc1NC(=O)c1ccc(OC)cc1OC. The number of esters is 1. The summed E-state index contributed by atoms with van der Waals surface area (Å²) in [6.07, 6.45) is 0. The maximum atomic E-state index is 12.4. The van der Waals surface area contributed by atoms with Crippen LogP contribution in [0.15, 0.2) is 29.6 Å².